The third kappa shape index (κ3) is 5.05. The smallest absolute Gasteiger partial charge is 0.308 e. The molecule has 0 heterocycles. The predicted octanol–water partition coefficient (Wildman–Crippen LogP) is 0.392. The predicted molar refractivity (Wildman–Crippen MR) is 68.5 cm³/mol. The average molecular weight is 282 g/mol. The van der Waals surface area contributed by atoms with E-state index in [1.54, 1.807) is 0 Å². The van der Waals surface area contributed by atoms with Crippen LogP contribution in [0.1, 0.15) is 17.3 Å². The van der Waals surface area contributed by atoms with Gasteiger partial charge in [0.1, 0.15) is 5.82 Å². The van der Waals surface area contributed by atoms with Crippen molar-refractivity contribution in [3.8, 4) is 0 Å². The molecule has 0 aliphatic rings. The molecule has 3 N–H and O–H groups in total. The molecule has 0 aliphatic carbocycles. The molecule has 7 heteroatoms. The highest BCUT2D eigenvalue weighted by Gasteiger charge is 2.13. The highest BCUT2D eigenvalue weighted by molar-refractivity contribution is 5.96. The summed E-state index contributed by atoms with van der Waals surface area (Å²) in [7, 11) is 0. The summed E-state index contributed by atoms with van der Waals surface area (Å²) >= 11 is 0. The molecular formula is C13H15FN2O4. The zero-order valence-corrected chi connectivity index (χ0v) is 10.9. The van der Waals surface area contributed by atoms with E-state index in [9.17, 15) is 18.8 Å². The van der Waals surface area contributed by atoms with Crippen LogP contribution in [-0.4, -0.2) is 36.0 Å². The molecule has 0 saturated heterocycles. The van der Waals surface area contributed by atoms with Crippen LogP contribution in [0.2, 0.25) is 0 Å². The number of carboxylic acids is 1. The van der Waals surface area contributed by atoms with Gasteiger partial charge in [0.2, 0.25) is 5.91 Å². The van der Waals surface area contributed by atoms with E-state index >= 15 is 0 Å². The van der Waals surface area contributed by atoms with E-state index < -0.39 is 29.5 Å². The van der Waals surface area contributed by atoms with Gasteiger partial charge in [-0.05, 0) is 18.2 Å². The largest absolute Gasteiger partial charge is 0.481 e. The number of hydrogen-bond donors (Lipinski definition) is 3. The van der Waals surface area contributed by atoms with E-state index in [1.165, 1.54) is 25.1 Å². The quantitative estimate of drug-likeness (QED) is 0.703. The molecule has 1 rings (SSSR count). The fraction of sp³-hybridized carbons (Fsp3) is 0.308. The maximum atomic E-state index is 12.9. The van der Waals surface area contributed by atoms with Crippen LogP contribution in [0, 0.1) is 11.7 Å². The van der Waals surface area contributed by atoms with Crippen molar-refractivity contribution < 1.29 is 23.9 Å². The van der Waals surface area contributed by atoms with Crippen molar-refractivity contribution in [1.29, 1.82) is 0 Å². The first-order chi connectivity index (χ1) is 9.40. The molecule has 0 aliphatic heterocycles. The Hall–Kier alpha value is -2.44. The summed E-state index contributed by atoms with van der Waals surface area (Å²) < 4.78 is 12.9. The lowest BCUT2D eigenvalue weighted by molar-refractivity contribution is -0.141. The van der Waals surface area contributed by atoms with Gasteiger partial charge >= 0.3 is 5.97 Å². The lowest BCUT2D eigenvalue weighted by Gasteiger charge is -2.09. The fourth-order valence-corrected chi connectivity index (χ4v) is 1.31. The van der Waals surface area contributed by atoms with Crippen molar-refractivity contribution in [1.82, 2.24) is 10.6 Å². The molecule has 0 aromatic heterocycles. The lowest BCUT2D eigenvalue weighted by atomic mass is 10.2. The van der Waals surface area contributed by atoms with Crippen molar-refractivity contribution in [3.63, 3.8) is 0 Å². The molecule has 0 fully saturated rings. The first kappa shape index (κ1) is 15.6. The van der Waals surface area contributed by atoms with Gasteiger partial charge in [-0.1, -0.05) is 13.0 Å². The highest BCUT2D eigenvalue weighted by Crippen LogP contribution is 2.02. The normalized spacial score (nSPS) is 11.5. The van der Waals surface area contributed by atoms with Crippen LogP contribution in [0.4, 0.5) is 4.39 Å². The summed E-state index contributed by atoms with van der Waals surface area (Å²) in [4.78, 5) is 33.5. The molecule has 108 valence electrons. The van der Waals surface area contributed by atoms with E-state index in [4.69, 9.17) is 5.11 Å². The molecule has 0 saturated carbocycles. The summed E-state index contributed by atoms with van der Waals surface area (Å²) in [6.07, 6.45) is 0. The topological polar surface area (TPSA) is 95.5 Å². The van der Waals surface area contributed by atoms with Crippen LogP contribution in [0.25, 0.3) is 0 Å². The van der Waals surface area contributed by atoms with Gasteiger partial charge < -0.3 is 15.7 Å². The van der Waals surface area contributed by atoms with Crippen molar-refractivity contribution >= 4 is 17.8 Å². The first-order valence-electron chi connectivity index (χ1n) is 5.93. The molecule has 0 bridgehead atoms. The van der Waals surface area contributed by atoms with E-state index in [2.05, 4.69) is 10.6 Å². The van der Waals surface area contributed by atoms with Crippen LogP contribution >= 0.6 is 0 Å². The van der Waals surface area contributed by atoms with Gasteiger partial charge in [-0.3, -0.25) is 14.4 Å². The highest BCUT2D eigenvalue weighted by atomic mass is 19.1. The van der Waals surface area contributed by atoms with Gasteiger partial charge in [0.15, 0.2) is 0 Å². The molecule has 20 heavy (non-hydrogen) atoms. The van der Waals surface area contributed by atoms with E-state index in [-0.39, 0.29) is 18.7 Å². The van der Waals surface area contributed by atoms with Crippen molar-refractivity contribution in [3.05, 3.63) is 35.6 Å². The summed E-state index contributed by atoms with van der Waals surface area (Å²) in [5.74, 6) is -3.36. The number of halogens is 1. The van der Waals surface area contributed by atoms with Gasteiger partial charge in [-0.2, -0.15) is 0 Å². The van der Waals surface area contributed by atoms with Crippen LogP contribution in [0.3, 0.4) is 0 Å². The molecule has 1 unspecified atom stereocenters. The molecule has 0 spiro atoms. The van der Waals surface area contributed by atoms with Gasteiger partial charge in [0.05, 0.1) is 12.5 Å². The number of carbonyl (C=O) groups excluding carboxylic acids is 2. The molecular weight excluding hydrogens is 267 g/mol. The minimum Gasteiger partial charge on any atom is -0.481 e. The summed E-state index contributed by atoms with van der Waals surface area (Å²) in [6.45, 7) is 1.12. The summed E-state index contributed by atoms with van der Waals surface area (Å²) in [5, 5.41) is 13.3. The SMILES string of the molecule is CC(CNC(=O)CNC(=O)c1cccc(F)c1)C(=O)O. The fourth-order valence-electron chi connectivity index (χ4n) is 1.31. The number of aliphatic carboxylic acids is 1. The Labute approximate surface area is 115 Å². The van der Waals surface area contributed by atoms with Gasteiger partial charge in [0, 0.05) is 12.1 Å². The van der Waals surface area contributed by atoms with E-state index in [0.29, 0.717) is 0 Å². The Kier molecular flexibility index (Phi) is 5.64. The van der Waals surface area contributed by atoms with Crippen LogP contribution in [-0.2, 0) is 9.59 Å². The number of amides is 2. The monoisotopic (exact) mass is 282 g/mol. The molecule has 1 atom stereocenters. The van der Waals surface area contributed by atoms with E-state index in [0.717, 1.165) is 6.07 Å². The number of benzene rings is 1. The van der Waals surface area contributed by atoms with Crippen LogP contribution in [0.5, 0.6) is 0 Å². The molecule has 0 radical (unpaired) electrons. The Morgan fingerprint density at radius 2 is 2.00 bits per heavy atom. The minimum atomic E-state index is -1.02. The van der Waals surface area contributed by atoms with Gasteiger partial charge in [0.25, 0.3) is 5.91 Å². The van der Waals surface area contributed by atoms with Crippen molar-refractivity contribution in [2.45, 2.75) is 6.92 Å². The Bertz CT molecular complexity index is 519. The first-order valence-corrected chi connectivity index (χ1v) is 5.93. The average Bonchev–Trinajstić information content (AvgIpc) is 2.41. The Morgan fingerprint density at radius 3 is 2.60 bits per heavy atom. The van der Waals surface area contributed by atoms with Crippen LogP contribution < -0.4 is 10.6 Å². The van der Waals surface area contributed by atoms with Gasteiger partial charge in [-0.15, -0.1) is 0 Å². The maximum Gasteiger partial charge on any atom is 0.308 e. The van der Waals surface area contributed by atoms with Gasteiger partial charge in [-0.25, -0.2) is 4.39 Å². The number of rotatable bonds is 6. The summed E-state index contributed by atoms with van der Waals surface area (Å²) in [5.41, 5.74) is 0.108. The number of hydrogen-bond acceptors (Lipinski definition) is 3. The Balaban J connectivity index is 2.37. The number of carbonyl (C=O) groups is 3. The maximum absolute atomic E-state index is 12.9. The van der Waals surface area contributed by atoms with E-state index in [1.807, 2.05) is 0 Å². The zero-order valence-electron chi connectivity index (χ0n) is 10.9. The van der Waals surface area contributed by atoms with Crippen molar-refractivity contribution in [2.75, 3.05) is 13.1 Å². The molecule has 6 nitrogen and oxygen atoms in total. The second-order valence-electron chi connectivity index (χ2n) is 4.24. The molecule has 1 aromatic carbocycles. The summed E-state index contributed by atoms with van der Waals surface area (Å²) in [6, 6.07) is 5.07. The third-order valence-electron chi connectivity index (χ3n) is 2.52. The second kappa shape index (κ2) is 7.22. The lowest BCUT2D eigenvalue weighted by Crippen LogP contribution is -2.39. The minimum absolute atomic E-state index is 0.0238. The Morgan fingerprint density at radius 1 is 1.30 bits per heavy atom. The second-order valence-corrected chi connectivity index (χ2v) is 4.24. The number of nitrogens with one attached hydrogen (secondary N) is 2. The molecule has 1 aromatic rings. The van der Waals surface area contributed by atoms with Crippen LogP contribution in [0.15, 0.2) is 24.3 Å². The van der Waals surface area contributed by atoms with Crippen molar-refractivity contribution in [2.24, 2.45) is 5.92 Å². The third-order valence-corrected chi connectivity index (χ3v) is 2.52. The molecule has 2 amide bonds. The standard InChI is InChI=1S/C13H15FN2O4/c1-8(13(19)20)6-15-11(17)7-16-12(18)9-3-2-4-10(14)5-9/h2-5,8H,6-7H2,1H3,(H,15,17)(H,16,18)(H,19,20). The zero-order chi connectivity index (χ0) is 15.1. The number of carboxylic acid groups (broad SMARTS) is 1.